The Bertz CT molecular complexity index is 598. The van der Waals surface area contributed by atoms with E-state index in [4.69, 9.17) is 14.0 Å². The van der Waals surface area contributed by atoms with Crippen molar-refractivity contribution in [2.45, 2.75) is 72.2 Å². The Balaban J connectivity index is 2.42. The van der Waals surface area contributed by atoms with Gasteiger partial charge in [-0.2, -0.15) is 0 Å². The van der Waals surface area contributed by atoms with Gasteiger partial charge in [0.2, 0.25) is 0 Å². The van der Waals surface area contributed by atoms with Crippen molar-refractivity contribution in [3.05, 3.63) is 29.3 Å². The lowest BCUT2D eigenvalue weighted by molar-refractivity contribution is 0.00578. The van der Waals surface area contributed by atoms with Crippen molar-refractivity contribution < 1.29 is 18.8 Å². The molecule has 1 aromatic rings. The van der Waals surface area contributed by atoms with Gasteiger partial charge in [0.1, 0.15) is 5.60 Å². The fourth-order valence-electron chi connectivity index (χ4n) is 2.46. The second-order valence-electron chi connectivity index (χ2n) is 8.13. The monoisotopic (exact) mass is 318 g/mol. The first-order valence-electron chi connectivity index (χ1n) is 8.02. The van der Waals surface area contributed by atoms with Crippen LogP contribution in [-0.4, -0.2) is 29.9 Å². The number of hydrogen-bond donors (Lipinski definition) is 0. The third-order valence-electron chi connectivity index (χ3n) is 4.42. The van der Waals surface area contributed by atoms with Gasteiger partial charge in [-0.15, -0.1) is 0 Å². The maximum absolute atomic E-state index is 12.6. The zero-order valence-electron chi connectivity index (χ0n) is 15.4. The van der Waals surface area contributed by atoms with Gasteiger partial charge in [0.25, 0.3) is 0 Å². The quantitative estimate of drug-likeness (QED) is 0.620. The molecule has 0 spiro atoms. The van der Waals surface area contributed by atoms with Gasteiger partial charge in [-0.25, -0.2) is 4.79 Å². The number of aryl methyl sites for hydroxylation is 1. The van der Waals surface area contributed by atoms with E-state index in [1.807, 2.05) is 73.6 Å². The second-order valence-corrected chi connectivity index (χ2v) is 8.13. The molecule has 2 rings (SSSR count). The molecule has 1 aliphatic rings. The number of hydrogen-bond acceptors (Lipinski definition) is 4. The van der Waals surface area contributed by atoms with Crippen LogP contribution in [0, 0.1) is 6.92 Å². The molecule has 1 saturated heterocycles. The van der Waals surface area contributed by atoms with Crippen molar-refractivity contribution in [3.8, 4) is 0 Å². The Hall–Kier alpha value is -1.33. The topological polar surface area (TPSA) is 44.8 Å². The molecule has 0 N–H and O–H groups in total. The molecule has 1 aromatic carbocycles. The number of carbonyl (C=O) groups is 1. The van der Waals surface area contributed by atoms with Crippen LogP contribution in [0.15, 0.2) is 18.2 Å². The van der Waals surface area contributed by atoms with Crippen molar-refractivity contribution in [2.24, 2.45) is 0 Å². The van der Waals surface area contributed by atoms with E-state index in [1.54, 1.807) is 0 Å². The van der Waals surface area contributed by atoms with Crippen LogP contribution < -0.4 is 5.46 Å². The molecule has 0 radical (unpaired) electrons. The summed E-state index contributed by atoms with van der Waals surface area (Å²) in [6.45, 7) is 15.5. The van der Waals surface area contributed by atoms with Gasteiger partial charge in [-0.05, 0) is 66.4 Å². The minimum absolute atomic E-state index is 0.347. The van der Waals surface area contributed by atoms with Gasteiger partial charge in [0.05, 0.1) is 16.8 Å². The molecule has 1 heterocycles. The summed E-state index contributed by atoms with van der Waals surface area (Å²) in [5, 5.41) is 0. The molecule has 4 nitrogen and oxygen atoms in total. The maximum Gasteiger partial charge on any atom is 0.495 e. The van der Waals surface area contributed by atoms with Crippen molar-refractivity contribution in [1.82, 2.24) is 0 Å². The van der Waals surface area contributed by atoms with Crippen LogP contribution in [0.25, 0.3) is 0 Å². The lowest BCUT2D eigenvalue weighted by Crippen LogP contribution is -2.41. The number of esters is 1. The summed E-state index contributed by atoms with van der Waals surface area (Å²) in [6.07, 6.45) is 0. The van der Waals surface area contributed by atoms with Crippen molar-refractivity contribution in [2.75, 3.05) is 0 Å². The molecule has 0 unspecified atom stereocenters. The molecule has 0 bridgehead atoms. The van der Waals surface area contributed by atoms with E-state index in [0.29, 0.717) is 5.56 Å². The molecule has 0 amide bonds. The predicted molar refractivity (Wildman–Crippen MR) is 92.1 cm³/mol. The summed E-state index contributed by atoms with van der Waals surface area (Å²) in [7, 11) is -0.581. The minimum atomic E-state index is -0.581. The molecule has 0 saturated carbocycles. The van der Waals surface area contributed by atoms with Gasteiger partial charge in [-0.1, -0.05) is 18.2 Å². The van der Waals surface area contributed by atoms with Gasteiger partial charge < -0.3 is 14.0 Å². The predicted octanol–water partition coefficient (Wildman–Crippen LogP) is 3.25. The van der Waals surface area contributed by atoms with E-state index in [-0.39, 0.29) is 5.97 Å². The van der Waals surface area contributed by atoms with Crippen LogP contribution >= 0.6 is 0 Å². The number of rotatable bonds is 2. The zero-order valence-corrected chi connectivity index (χ0v) is 15.4. The fourth-order valence-corrected chi connectivity index (χ4v) is 2.46. The first-order chi connectivity index (χ1) is 10.3. The van der Waals surface area contributed by atoms with Crippen LogP contribution in [0.5, 0.6) is 0 Å². The van der Waals surface area contributed by atoms with E-state index in [2.05, 4.69) is 0 Å². The highest BCUT2D eigenvalue weighted by atomic mass is 16.7. The summed E-state index contributed by atoms with van der Waals surface area (Å²) in [4.78, 5) is 12.6. The lowest BCUT2D eigenvalue weighted by Gasteiger charge is -2.32. The van der Waals surface area contributed by atoms with Crippen LogP contribution in [0.4, 0.5) is 0 Å². The summed E-state index contributed by atoms with van der Waals surface area (Å²) in [5.41, 5.74) is 0.650. The number of benzene rings is 1. The highest BCUT2D eigenvalue weighted by Crippen LogP contribution is 2.36. The van der Waals surface area contributed by atoms with Crippen molar-refractivity contribution in [1.29, 1.82) is 0 Å². The van der Waals surface area contributed by atoms with Gasteiger partial charge in [0.15, 0.2) is 0 Å². The van der Waals surface area contributed by atoms with E-state index in [9.17, 15) is 4.79 Å². The standard InChI is InChI=1S/C18H27BO4/c1-12-10-9-11-13(14(12)15(20)21-16(2,3)4)19-22-17(5,6)18(7,8)23-19/h9-11H,1-8H3. The SMILES string of the molecule is Cc1cccc(B2OC(C)(C)C(C)(C)O2)c1C(=O)OC(C)(C)C. The van der Waals surface area contributed by atoms with E-state index >= 15 is 0 Å². The van der Waals surface area contributed by atoms with Gasteiger partial charge >= 0.3 is 13.1 Å². The summed E-state index contributed by atoms with van der Waals surface area (Å²) >= 11 is 0. The second kappa shape index (κ2) is 5.64. The van der Waals surface area contributed by atoms with E-state index in [0.717, 1.165) is 11.0 Å². The number of ether oxygens (including phenoxy) is 1. The molecular formula is C18H27BO4. The minimum Gasteiger partial charge on any atom is -0.456 e. The zero-order chi connectivity index (χ0) is 17.6. The lowest BCUT2D eigenvalue weighted by atomic mass is 9.74. The van der Waals surface area contributed by atoms with E-state index in [1.165, 1.54) is 0 Å². The molecule has 0 atom stereocenters. The van der Waals surface area contributed by atoms with E-state index < -0.39 is 23.9 Å². The molecule has 126 valence electrons. The smallest absolute Gasteiger partial charge is 0.456 e. The fraction of sp³-hybridized carbons (Fsp3) is 0.611. The third-order valence-corrected chi connectivity index (χ3v) is 4.42. The Morgan fingerprint density at radius 2 is 1.61 bits per heavy atom. The highest BCUT2D eigenvalue weighted by Gasteiger charge is 2.52. The summed E-state index contributed by atoms with van der Waals surface area (Å²) in [6, 6.07) is 5.67. The normalized spacial score (nSPS) is 19.7. The Labute approximate surface area is 139 Å². The largest absolute Gasteiger partial charge is 0.495 e. The summed E-state index contributed by atoms with van der Waals surface area (Å²) in [5.74, 6) is -0.347. The van der Waals surface area contributed by atoms with Crippen LogP contribution in [0.1, 0.15) is 64.4 Å². The molecule has 5 heteroatoms. The van der Waals surface area contributed by atoms with Gasteiger partial charge in [-0.3, -0.25) is 0 Å². The van der Waals surface area contributed by atoms with Crippen LogP contribution in [0.3, 0.4) is 0 Å². The van der Waals surface area contributed by atoms with Crippen LogP contribution in [-0.2, 0) is 14.0 Å². The Morgan fingerprint density at radius 1 is 1.09 bits per heavy atom. The Morgan fingerprint density at radius 3 is 2.09 bits per heavy atom. The molecule has 0 aromatic heterocycles. The van der Waals surface area contributed by atoms with Crippen molar-refractivity contribution in [3.63, 3.8) is 0 Å². The summed E-state index contributed by atoms with van der Waals surface area (Å²) < 4.78 is 17.8. The highest BCUT2D eigenvalue weighted by molar-refractivity contribution is 6.63. The average Bonchev–Trinajstić information content (AvgIpc) is 2.55. The third kappa shape index (κ3) is 3.61. The van der Waals surface area contributed by atoms with Crippen LogP contribution in [0.2, 0.25) is 0 Å². The molecule has 1 aliphatic heterocycles. The van der Waals surface area contributed by atoms with Gasteiger partial charge in [0, 0.05) is 0 Å². The molecule has 23 heavy (non-hydrogen) atoms. The Kier molecular flexibility index (Phi) is 4.42. The van der Waals surface area contributed by atoms with Crippen molar-refractivity contribution >= 4 is 18.6 Å². The number of carbonyl (C=O) groups excluding carboxylic acids is 1. The molecule has 1 fully saturated rings. The first-order valence-corrected chi connectivity index (χ1v) is 8.02. The average molecular weight is 318 g/mol. The maximum atomic E-state index is 12.6. The molecule has 0 aliphatic carbocycles. The first kappa shape index (κ1) is 18.0. The molecular weight excluding hydrogens is 291 g/mol.